The number of imidazole rings is 1. The van der Waals surface area contributed by atoms with Crippen molar-refractivity contribution in [1.29, 1.82) is 0 Å². The van der Waals surface area contributed by atoms with Crippen LogP contribution in [-0.4, -0.2) is 41.2 Å². The van der Waals surface area contributed by atoms with Crippen LogP contribution in [0.2, 0.25) is 0 Å². The highest BCUT2D eigenvalue weighted by Crippen LogP contribution is 2.23. The number of likely N-dealkylation sites (N-methyl/N-ethyl adjacent to an activating group) is 2. The zero-order valence-electron chi connectivity index (χ0n) is 10.9. The Kier molecular flexibility index (Phi) is 4.16. The largest absolute Gasteiger partial charge is 0.355 e. The van der Waals surface area contributed by atoms with Crippen LogP contribution in [0.5, 0.6) is 0 Å². The van der Waals surface area contributed by atoms with Gasteiger partial charge in [0.2, 0.25) is 5.91 Å². The lowest BCUT2D eigenvalue weighted by molar-refractivity contribution is -0.119. The van der Waals surface area contributed by atoms with E-state index in [0.717, 1.165) is 11.2 Å². The van der Waals surface area contributed by atoms with Crippen molar-refractivity contribution in [2.45, 2.75) is 13.8 Å². The molecule has 0 atom stereocenters. The lowest BCUT2D eigenvalue weighted by atomic mass is 10.3. The normalized spacial score (nSPS) is 10.6. The summed E-state index contributed by atoms with van der Waals surface area (Å²) in [6.45, 7) is 5.22. The van der Waals surface area contributed by atoms with E-state index >= 15 is 0 Å². The van der Waals surface area contributed by atoms with E-state index < -0.39 is 0 Å². The molecule has 2 heterocycles. The number of thiazole rings is 1. The summed E-state index contributed by atoms with van der Waals surface area (Å²) in [6.07, 6.45) is 2.59. The Bertz CT molecular complexity index is 590. The number of carbonyl (C=O) groups is 2. The number of aromatic nitrogens is 2. The van der Waals surface area contributed by atoms with E-state index in [2.05, 4.69) is 10.3 Å². The lowest BCUT2D eigenvalue weighted by Gasteiger charge is -2.20. The maximum atomic E-state index is 11.7. The molecule has 19 heavy (non-hydrogen) atoms. The first-order valence-electron chi connectivity index (χ1n) is 6.13. The van der Waals surface area contributed by atoms with Gasteiger partial charge in [-0.25, -0.2) is 4.98 Å². The van der Waals surface area contributed by atoms with E-state index in [-0.39, 0.29) is 12.5 Å². The predicted octanol–water partition coefficient (Wildman–Crippen LogP) is 1.17. The molecule has 0 fully saturated rings. The average molecular weight is 280 g/mol. The van der Waals surface area contributed by atoms with E-state index in [1.807, 2.05) is 19.2 Å². The van der Waals surface area contributed by atoms with E-state index in [9.17, 15) is 9.59 Å². The number of nitrogens with one attached hydrogen (secondary N) is 1. The molecule has 0 radical (unpaired) electrons. The van der Waals surface area contributed by atoms with Crippen LogP contribution in [0.25, 0.3) is 4.96 Å². The van der Waals surface area contributed by atoms with Crippen LogP contribution in [0.4, 0.5) is 5.82 Å². The number of rotatable bonds is 6. The van der Waals surface area contributed by atoms with Crippen LogP contribution >= 0.6 is 11.3 Å². The molecule has 1 amide bonds. The molecular formula is C12H16N4O2S. The molecule has 1 N–H and O–H groups in total. The fourth-order valence-corrected chi connectivity index (χ4v) is 2.61. The third-order valence-electron chi connectivity index (χ3n) is 2.78. The maximum Gasteiger partial charge on any atom is 0.239 e. The molecule has 2 aromatic heterocycles. The minimum absolute atomic E-state index is 0.0717. The topological polar surface area (TPSA) is 66.7 Å². The number of fused-ring (bicyclic) bond motifs is 1. The summed E-state index contributed by atoms with van der Waals surface area (Å²) >= 11 is 1.46. The smallest absolute Gasteiger partial charge is 0.239 e. The van der Waals surface area contributed by atoms with Gasteiger partial charge in [-0.05, 0) is 13.8 Å². The molecule has 0 bridgehead atoms. The van der Waals surface area contributed by atoms with Crippen LogP contribution in [0, 0.1) is 0 Å². The van der Waals surface area contributed by atoms with Gasteiger partial charge in [-0.15, -0.1) is 11.3 Å². The Balaban J connectivity index is 2.31. The third kappa shape index (κ3) is 2.60. The molecule has 0 unspecified atom stereocenters. The molecule has 0 aromatic carbocycles. The van der Waals surface area contributed by atoms with Crippen molar-refractivity contribution >= 4 is 34.3 Å². The van der Waals surface area contributed by atoms with Gasteiger partial charge in [0.25, 0.3) is 0 Å². The quantitative estimate of drug-likeness (QED) is 0.807. The van der Waals surface area contributed by atoms with Gasteiger partial charge in [-0.1, -0.05) is 0 Å². The van der Waals surface area contributed by atoms with Crippen LogP contribution in [0.15, 0.2) is 11.6 Å². The summed E-state index contributed by atoms with van der Waals surface area (Å²) in [5, 5.41) is 4.62. The van der Waals surface area contributed by atoms with Gasteiger partial charge < -0.3 is 10.2 Å². The van der Waals surface area contributed by atoms with Gasteiger partial charge >= 0.3 is 0 Å². The molecule has 2 rings (SSSR count). The number of amides is 1. The fourth-order valence-electron chi connectivity index (χ4n) is 1.90. The second kappa shape index (κ2) is 5.83. The summed E-state index contributed by atoms with van der Waals surface area (Å²) < 4.78 is 1.74. The summed E-state index contributed by atoms with van der Waals surface area (Å²) in [7, 11) is 0. The molecular weight excluding hydrogens is 264 g/mol. The van der Waals surface area contributed by atoms with E-state index in [1.165, 1.54) is 11.3 Å². The standard InChI is InChI=1S/C12H16N4O2S/c1-3-13-10(18)7-15(4-2)11-9(8-17)16-5-6-19-12(16)14-11/h5-6,8H,3-4,7H2,1-2H3,(H,13,18). The van der Waals surface area contributed by atoms with E-state index in [0.29, 0.717) is 24.6 Å². The summed E-state index contributed by atoms with van der Waals surface area (Å²) in [6, 6.07) is 0. The van der Waals surface area contributed by atoms with Gasteiger partial charge in [-0.3, -0.25) is 14.0 Å². The monoisotopic (exact) mass is 280 g/mol. The molecule has 0 saturated heterocycles. The van der Waals surface area contributed by atoms with Gasteiger partial charge in [-0.2, -0.15) is 0 Å². The fraction of sp³-hybridized carbons (Fsp3) is 0.417. The molecule has 6 nitrogen and oxygen atoms in total. The van der Waals surface area contributed by atoms with E-state index in [4.69, 9.17) is 0 Å². The number of nitrogens with zero attached hydrogens (tertiary/aromatic N) is 3. The molecule has 0 saturated carbocycles. The molecule has 0 aliphatic carbocycles. The van der Waals surface area contributed by atoms with Crippen LogP contribution in [0.1, 0.15) is 24.3 Å². The van der Waals surface area contributed by atoms with Crippen molar-refractivity contribution in [2.75, 3.05) is 24.5 Å². The first kappa shape index (κ1) is 13.5. The van der Waals surface area contributed by atoms with Gasteiger partial charge in [0.15, 0.2) is 17.1 Å². The van der Waals surface area contributed by atoms with Crippen molar-refractivity contribution in [2.24, 2.45) is 0 Å². The lowest BCUT2D eigenvalue weighted by Crippen LogP contribution is -2.37. The summed E-state index contributed by atoms with van der Waals surface area (Å²) in [5.41, 5.74) is 0.488. The number of aldehydes is 1. The zero-order chi connectivity index (χ0) is 13.8. The molecule has 0 aliphatic heterocycles. The van der Waals surface area contributed by atoms with E-state index in [1.54, 1.807) is 15.5 Å². The molecule has 7 heteroatoms. The highest BCUT2D eigenvalue weighted by atomic mass is 32.1. The Morgan fingerprint density at radius 1 is 1.58 bits per heavy atom. The minimum Gasteiger partial charge on any atom is -0.355 e. The predicted molar refractivity (Wildman–Crippen MR) is 75.0 cm³/mol. The Hall–Kier alpha value is -1.89. The molecule has 0 aliphatic rings. The average Bonchev–Trinajstić information content (AvgIpc) is 2.96. The molecule has 102 valence electrons. The second-order valence-corrected chi connectivity index (χ2v) is 4.83. The SMILES string of the molecule is CCNC(=O)CN(CC)c1nc2sccn2c1C=O. The van der Waals surface area contributed by atoms with Crippen molar-refractivity contribution in [1.82, 2.24) is 14.7 Å². The molecule has 2 aromatic rings. The van der Waals surface area contributed by atoms with Crippen molar-refractivity contribution in [3.8, 4) is 0 Å². The first-order chi connectivity index (χ1) is 9.21. The number of carbonyl (C=O) groups excluding carboxylic acids is 2. The van der Waals surface area contributed by atoms with Gasteiger partial charge in [0, 0.05) is 24.7 Å². The first-order valence-corrected chi connectivity index (χ1v) is 7.01. The van der Waals surface area contributed by atoms with Crippen molar-refractivity contribution in [3.63, 3.8) is 0 Å². The van der Waals surface area contributed by atoms with Crippen molar-refractivity contribution < 1.29 is 9.59 Å². The summed E-state index contributed by atoms with van der Waals surface area (Å²) in [5.74, 6) is 0.494. The van der Waals surface area contributed by atoms with Gasteiger partial charge in [0.05, 0.1) is 6.54 Å². The zero-order valence-corrected chi connectivity index (χ0v) is 11.7. The Morgan fingerprint density at radius 3 is 3.00 bits per heavy atom. The molecule has 0 spiro atoms. The van der Waals surface area contributed by atoms with Crippen LogP contribution < -0.4 is 10.2 Å². The Labute approximate surface area is 115 Å². The summed E-state index contributed by atoms with van der Waals surface area (Å²) in [4.78, 5) is 29.9. The van der Waals surface area contributed by atoms with Crippen LogP contribution in [0.3, 0.4) is 0 Å². The Morgan fingerprint density at radius 2 is 2.37 bits per heavy atom. The third-order valence-corrected chi connectivity index (χ3v) is 3.54. The highest BCUT2D eigenvalue weighted by Gasteiger charge is 2.19. The van der Waals surface area contributed by atoms with Gasteiger partial charge in [0.1, 0.15) is 5.69 Å². The second-order valence-electron chi connectivity index (χ2n) is 3.96. The number of hydrogen-bond acceptors (Lipinski definition) is 5. The number of anilines is 1. The minimum atomic E-state index is -0.0717. The van der Waals surface area contributed by atoms with Crippen molar-refractivity contribution in [3.05, 3.63) is 17.3 Å². The van der Waals surface area contributed by atoms with Crippen LogP contribution in [-0.2, 0) is 4.79 Å². The highest BCUT2D eigenvalue weighted by molar-refractivity contribution is 7.15. The number of hydrogen-bond donors (Lipinski definition) is 1. The maximum absolute atomic E-state index is 11.7.